The molecule has 1 aromatic heterocycles. The first-order valence-electron chi connectivity index (χ1n) is 3.83. The second kappa shape index (κ2) is 4.53. The number of nitrogens with zero attached hydrogens (tertiary/aromatic N) is 1. The van der Waals surface area contributed by atoms with E-state index in [2.05, 4.69) is 4.98 Å². The van der Waals surface area contributed by atoms with Crippen molar-refractivity contribution in [3.8, 4) is 0 Å². The van der Waals surface area contributed by atoms with Crippen molar-refractivity contribution in [1.82, 2.24) is 4.98 Å². The zero-order valence-corrected chi connectivity index (χ0v) is 7.65. The second-order valence-corrected chi connectivity index (χ2v) is 2.99. The zero-order valence-electron chi connectivity index (χ0n) is 6.89. The van der Waals surface area contributed by atoms with Gasteiger partial charge in [0, 0.05) is 18.3 Å². The van der Waals surface area contributed by atoms with Crippen LogP contribution in [-0.4, -0.2) is 27.8 Å². The molecule has 0 saturated heterocycles. The Balaban J connectivity index is 2.88. The van der Waals surface area contributed by atoms with Crippen molar-refractivity contribution in [3.05, 3.63) is 29.0 Å². The lowest BCUT2D eigenvalue weighted by atomic mass is 10.1. The maximum absolute atomic E-state index is 9.52. The minimum atomic E-state index is -1.08. The number of aliphatic hydroxyl groups is 2. The molecule has 4 nitrogen and oxygen atoms in total. The smallest absolute Gasteiger partial charge is 0.134 e. The van der Waals surface area contributed by atoms with Crippen LogP contribution in [0.5, 0.6) is 0 Å². The van der Waals surface area contributed by atoms with Crippen LogP contribution in [0.1, 0.15) is 11.7 Å². The molecule has 1 aromatic rings. The highest BCUT2D eigenvalue weighted by molar-refractivity contribution is 6.30. The molecule has 13 heavy (non-hydrogen) atoms. The summed E-state index contributed by atoms with van der Waals surface area (Å²) in [7, 11) is 0. The van der Waals surface area contributed by atoms with Crippen molar-refractivity contribution in [2.75, 3.05) is 6.54 Å². The summed E-state index contributed by atoms with van der Waals surface area (Å²) in [6.07, 6.45) is -0.583. The van der Waals surface area contributed by atoms with Crippen molar-refractivity contribution in [3.63, 3.8) is 0 Å². The van der Waals surface area contributed by atoms with E-state index in [4.69, 9.17) is 17.3 Å². The molecule has 0 saturated carbocycles. The van der Waals surface area contributed by atoms with Crippen LogP contribution in [0.4, 0.5) is 0 Å². The van der Waals surface area contributed by atoms with Crippen molar-refractivity contribution < 1.29 is 10.2 Å². The van der Waals surface area contributed by atoms with Crippen LogP contribution in [-0.2, 0) is 0 Å². The Morgan fingerprint density at radius 3 is 2.77 bits per heavy atom. The van der Waals surface area contributed by atoms with E-state index in [9.17, 15) is 10.2 Å². The fourth-order valence-corrected chi connectivity index (χ4v) is 1.19. The molecule has 72 valence electrons. The average Bonchev–Trinajstić information content (AvgIpc) is 2.16. The van der Waals surface area contributed by atoms with E-state index in [1.54, 1.807) is 12.1 Å². The molecule has 0 aliphatic carbocycles. The molecule has 0 spiro atoms. The van der Waals surface area contributed by atoms with E-state index in [1.807, 2.05) is 0 Å². The summed E-state index contributed by atoms with van der Waals surface area (Å²) in [5, 5.41) is 18.9. The average molecular weight is 203 g/mol. The molecule has 5 heteroatoms. The molecule has 0 amide bonds. The molecule has 2 atom stereocenters. The van der Waals surface area contributed by atoms with Gasteiger partial charge in [0.05, 0.1) is 6.10 Å². The van der Waals surface area contributed by atoms with Crippen molar-refractivity contribution >= 4 is 11.6 Å². The van der Waals surface area contributed by atoms with Gasteiger partial charge >= 0.3 is 0 Å². The Morgan fingerprint density at radius 2 is 2.23 bits per heavy atom. The Labute approximate surface area is 81.0 Å². The number of hydrogen-bond donors (Lipinski definition) is 3. The summed E-state index contributed by atoms with van der Waals surface area (Å²) in [5.41, 5.74) is 5.58. The minimum Gasteiger partial charge on any atom is -0.389 e. The predicted molar refractivity (Wildman–Crippen MR) is 49.3 cm³/mol. The largest absolute Gasteiger partial charge is 0.389 e. The van der Waals surface area contributed by atoms with E-state index < -0.39 is 12.2 Å². The minimum absolute atomic E-state index is 0.0214. The number of aromatic nitrogens is 1. The quantitative estimate of drug-likeness (QED) is 0.607. The molecular formula is C8H11ClN2O2. The highest BCUT2D eigenvalue weighted by Crippen LogP contribution is 2.22. The highest BCUT2D eigenvalue weighted by Gasteiger charge is 2.19. The number of hydrogen-bond acceptors (Lipinski definition) is 4. The fourth-order valence-electron chi connectivity index (χ4n) is 0.955. The van der Waals surface area contributed by atoms with Crippen LogP contribution in [0.15, 0.2) is 18.3 Å². The SMILES string of the molecule is NCC(O)C(O)c1cccnc1Cl. The Bertz CT molecular complexity index is 283. The first-order chi connectivity index (χ1) is 6.16. The third-order valence-corrected chi connectivity index (χ3v) is 2.03. The fraction of sp³-hybridized carbons (Fsp3) is 0.375. The maximum Gasteiger partial charge on any atom is 0.134 e. The predicted octanol–water partition coefficient (Wildman–Crippen LogP) is 0.0880. The van der Waals surface area contributed by atoms with Gasteiger partial charge in [0.1, 0.15) is 11.3 Å². The lowest BCUT2D eigenvalue weighted by Gasteiger charge is -2.16. The van der Waals surface area contributed by atoms with Crippen LogP contribution in [0.3, 0.4) is 0 Å². The third kappa shape index (κ3) is 2.38. The van der Waals surface area contributed by atoms with E-state index >= 15 is 0 Å². The molecule has 0 aromatic carbocycles. The van der Waals surface area contributed by atoms with Crippen LogP contribution >= 0.6 is 11.6 Å². The lowest BCUT2D eigenvalue weighted by Crippen LogP contribution is -2.27. The summed E-state index contributed by atoms with van der Waals surface area (Å²) in [4.78, 5) is 3.77. The summed E-state index contributed by atoms with van der Waals surface area (Å²) in [6.45, 7) is -0.0214. The summed E-state index contributed by atoms with van der Waals surface area (Å²) in [5.74, 6) is 0. The van der Waals surface area contributed by atoms with Gasteiger partial charge in [-0.1, -0.05) is 17.7 Å². The molecule has 4 N–H and O–H groups in total. The van der Waals surface area contributed by atoms with Crippen LogP contribution < -0.4 is 5.73 Å². The normalized spacial score (nSPS) is 15.4. The molecule has 0 aliphatic rings. The number of pyridine rings is 1. The summed E-state index contributed by atoms with van der Waals surface area (Å²) in [6, 6.07) is 3.23. The van der Waals surface area contributed by atoms with Crippen molar-refractivity contribution in [1.29, 1.82) is 0 Å². The molecule has 1 heterocycles. The van der Waals surface area contributed by atoms with Gasteiger partial charge < -0.3 is 15.9 Å². The third-order valence-electron chi connectivity index (χ3n) is 1.71. The summed E-state index contributed by atoms with van der Waals surface area (Å²) < 4.78 is 0. The van der Waals surface area contributed by atoms with E-state index in [1.165, 1.54) is 6.20 Å². The standard InChI is InChI=1S/C8H11ClN2O2/c9-8-5(2-1-3-11-8)7(13)6(12)4-10/h1-3,6-7,12-13H,4,10H2. The summed E-state index contributed by atoms with van der Waals surface area (Å²) >= 11 is 5.70. The zero-order chi connectivity index (χ0) is 9.84. The number of nitrogens with two attached hydrogens (primary N) is 1. The molecular weight excluding hydrogens is 192 g/mol. The van der Waals surface area contributed by atoms with Gasteiger partial charge in [-0.25, -0.2) is 4.98 Å². The van der Waals surface area contributed by atoms with Gasteiger partial charge in [0.25, 0.3) is 0 Å². The first kappa shape index (κ1) is 10.4. The van der Waals surface area contributed by atoms with Gasteiger partial charge in [-0.15, -0.1) is 0 Å². The molecule has 1 rings (SSSR count). The second-order valence-electron chi connectivity index (χ2n) is 2.63. The number of rotatable bonds is 3. The Morgan fingerprint density at radius 1 is 1.54 bits per heavy atom. The lowest BCUT2D eigenvalue weighted by molar-refractivity contribution is 0.0242. The Kier molecular flexibility index (Phi) is 3.62. The molecule has 0 radical (unpaired) electrons. The molecule has 0 aliphatic heterocycles. The van der Waals surface area contributed by atoms with Crippen LogP contribution in [0.25, 0.3) is 0 Å². The first-order valence-corrected chi connectivity index (χ1v) is 4.21. The topological polar surface area (TPSA) is 79.4 Å². The van der Waals surface area contributed by atoms with Gasteiger partial charge in [0.2, 0.25) is 0 Å². The van der Waals surface area contributed by atoms with Crippen molar-refractivity contribution in [2.45, 2.75) is 12.2 Å². The van der Waals surface area contributed by atoms with Gasteiger partial charge in [-0.05, 0) is 6.07 Å². The van der Waals surface area contributed by atoms with Gasteiger partial charge in [-0.3, -0.25) is 0 Å². The number of aliphatic hydroxyl groups excluding tert-OH is 2. The van der Waals surface area contributed by atoms with Gasteiger partial charge in [-0.2, -0.15) is 0 Å². The highest BCUT2D eigenvalue weighted by atomic mass is 35.5. The molecule has 0 fully saturated rings. The van der Waals surface area contributed by atoms with Crippen molar-refractivity contribution in [2.24, 2.45) is 5.73 Å². The number of halogens is 1. The maximum atomic E-state index is 9.52. The monoisotopic (exact) mass is 202 g/mol. The Hall–Kier alpha value is -0.680. The molecule has 2 unspecified atom stereocenters. The van der Waals surface area contributed by atoms with E-state index in [-0.39, 0.29) is 11.7 Å². The molecule has 0 bridgehead atoms. The van der Waals surface area contributed by atoms with Crippen LogP contribution in [0, 0.1) is 0 Å². The van der Waals surface area contributed by atoms with Gasteiger partial charge in [0.15, 0.2) is 0 Å². The van der Waals surface area contributed by atoms with E-state index in [0.717, 1.165) is 0 Å². The van der Waals surface area contributed by atoms with Crippen LogP contribution in [0.2, 0.25) is 5.15 Å². The van der Waals surface area contributed by atoms with E-state index in [0.29, 0.717) is 5.56 Å².